The summed E-state index contributed by atoms with van der Waals surface area (Å²) >= 11 is 0. The van der Waals surface area contributed by atoms with Crippen LogP contribution in [-0.4, -0.2) is 22.2 Å². The Morgan fingerprint density at radius 1 is 0.646 bits per heavy atom. The molecule has 0 aliphatic carbocycles. The maximum absolute atomic E-state index is 4.97. The molecule has 0 N–H and O–H groups in total. The van der Waals surface area contributed by atoms with Gasteiger partial charge in [-0.2, -0.15) is 4.57 Å². The Morgan fingerprint density at radius 3 is 2.12 bits per heavy atom. The van der Waals surface area contributed by atoms with E-state index in [9.17, 15) is 0 Å². The highest BCUT2D eigenvalue weighted by atomic mass is 28.3. The predicted molar refractivity (Wildman–Crippen MR) is 204 cm³/mol. The van der Waals surface area contributed by atoms with Crippen LogP contribution in [0.5, 0.6) is 0 Å². The van der Waals surface area contributed by atoms with Gasteiger partial charge in [0.25, 0.3) is 0 Å². The molecule has 0 aliphatic rings. The normalized spacial score (nSPS) is 12.1. The standard InChI is InChI=1S/C43H41N4Si/c1-29(2)45-28-46(40-20-10-9-19-39(40)45)33-15-12-16-34(26-33)48(5,6)35-21-22-37-36-17-7-8-18-38(36)47(41(37)27-35)42-25-32(23-24-44-42)43-30(3)13-11-14-31(43)4/h7-29H,1-6H3/q+1. The molecule has 3 aromatic heterocycles. The first-order valence-electron chi connectivity index (χ1n) is 16.9. The van der Waals surface area contributed by atoms with Crippen LogP contribution in [0.4, 0.5) is 0 Å². The van der Waals surface area contributed by atoms with Crippen molar-refractivity contribution in [3.8, 4) is 22.6 Å². The summed E-state index contributed by atoms with van der Waals surface area (Å²) < 4.78 is 7.07. The first-order valence-corrected chi connectivity index (χ1v) is 19.9. The summed E-state index contributed by atoms with van der Waals surface area (Å²) in [7, 11) is -2.12. The average Bonchev–Trinajstić information content (AvgIpc) is 3.65. The number of imidazole rings is 1. The number of benzene rings is 5. The van der Waals surface area contributed by atoms with Crippen LogP contribution in [0, 0.1) is 13.8 Å². The van der Waals surface area contributed by atoms with Gasteiger partial charge in [-0.15, -0.1) is 0 Å². The van der Waals surface area contributed by atoms with E-state index in [2.05, 4.69) is 182 Å². The van der Waals surface area contributed by atoms with Crippen molar-refractivity contribution in [2.45, 2.75) is 46.8 Å². The number of hydrogen-bond acceptors (Lipinski definition) is 1. The van der Waals surface area contributed by atoms with E-state index < -0.39 is 8.07 Å². The molecular weight excluding hydrogens is 601 g/mol. The maximum Gasteiger partial charge on any atom is 0.250 e. The lowest BCUT2D eigenvalue weighted by Crippen LogP contribution is -2.52. The smallest absolute Gasteiger partial charge is 0.250 e. The van der Waals surface area contributed by atoms with E-state index >= 15 is 0 Å². The lowest BCUT2D eigenvalue weighted by molar-refractivity contribution is -0.691. The lowest BCUT2D eigenvalue weighted by atomic mass is 9.96. The molecule has 0 radical (unpaired) electrons. The van der Waals surface area contributed by atoms with E-state index in [4.69, 9.17) is 4.98 Å². The molecule has 8 aromatic rings. The second-order valence-electron chi connectivity index (χ2n) is 13.9. The molecule has 5 aromatic carbocycles. The minimum Gasteiger partial charge on any atom is -0.294 e. The molecule has 0 aliphatic heterocycles. The Morgan fingerprint density at radius 2 is 1.33 bits per heavy atom. The first-order chi connectivity index (χ1) is 23.2. The van der Waals surface area contributed by atoms with Crippen LogP contribution in [-0.2, 0) is 0 Å². The van der Waals surface area contributed by atoms with Crippen LogP contribution >= 0.6 is 0 Å². The molecule has 0 saturated carbocycles. The zero-order chi connectivity index (χ0) is 33.2. The van der Waals surface area contributed by atoms with Crippen molar-refractivity contribution in [1.29, 1.82) is 0 Å². The molecule has 5 heteroatoms. The molecule has 0 fully saturated rings. The van der Waals surface area contributed by atoms with Gasteiger partial charge in [-0.25, -0.2) is 9.55 Å². The van der Waals surface area contributed by atoms with Gasteiger partial charge in [-0.05, 0) is 98.5 Å². The van der Waals surface area contributed by atoms with E-state index in [1.165, 1.54) is 71.2 Å². The van der Waals surface area contributed by atoms with Crippen LogP contribution < -0.4 is 14.9 Å². The highest BCUT2D eigenvalue weighted by Crippen LogP contribution is 2.34. The molecular formula is C43H41N4Si+. The number of aromatic nitrogens is 4. The van der Waals surface area contributed by atoms with E-state index in [0.29, 0.717) is 6.04 Å². The average molecular weight is 642 g/mol. The number of rotatable bonds is 6. The second kappa shape index (κ2) is 11.5. The molecule has 4 nitrogen and oxygen atoms in total. The molecule has 48 heavy (non-hydrogen) atoms. The zero-order valence-electron chi connectivity index (χ0n) is 28.6. The third-order valence-corrected chi connectivity index (χ3v) is 13.7. The van der Waals surface area contributed by atoms with Crippen molar-refractivity contribution in [1.82, 2.24) is 14.1 Å². The predicted octanol–water partition coefficient (Wildman–Crippen LogP) is 9.10. The minimum atomic E-state index is -2.12. The zero-order valence-corrected chi connectivity index (χ0v) is 29.6. The largest absolute Gasteiger partial charge is 0.294 e. The van der Waals surface area contributed by atoms with Crippen LogP contribution in [0.25, 0.3) is 55.5 Å². The third kappa shape index (κ3) is 4.80. The summed E-state index contributed by atoms with van der Waals surface area (Å²) in [6, 6.07) is 45.1. The molecule has 0 bridgehead atoms. The molecule has 236 valence electrons. The summed E-state index contributed by atoms with van der Waals surface area (Å²) in [5.74, 6) is 0.943. The summed E-state index contributed by atoms with van der Waals surface area (Å²) in [6.07, 6.45) is 4.21. The molecule has 0 saturated heterocycles. The SMILES string of the molecule is Cc1cccc(C)c1-c1ccnc(-n2c3ccccc3c3ccc([Si](C)(C)c4cccc(-n5c[n+](C(C)C)c6ccccc65)c4)cc32)c1. The Balaban J connectivity index is 1.28. The van der Waals surface area contributed by atoms with Gasteiger partial charge in [0.2, 0.25) is 6.33 Å². The summed E-state index contributed by atoms with van der Waals surface area (Å²) in [6.45, 7) is 13.8. The van der Waals surface area contributed by atoms with Gasteiger partial charge < -0.3 is 0 Å². The van der Waals surface area contributed by atoms with Crippen molar-refractivity contribution in [3.63, 3.8) is 0 Å². The van der Waals surface area contributed by atoms with E-state index in [0.717, 1.165) is 5.82 Å². The number of para-hydroxylation sites is 3. The Kier molecular flexibility index (Phi) is 7.19. The highest BCUT2D eigenvalue weighted by Gasteiger charge is 2.29. The van der Waals surface area contributed by atoms with Gasteiger partial charge in [0, 0.05) is 17.0 Å². The van der Waals surface area contributed by atoms with Crippen LogP contribution in [0.1, 0.15) is 31.0 Å². The van der Waals surface area contributed by atoms with Crippen molar-refractivity contribution in [2.24, 2.45) is 0 Å². The highest BCUT2D eigenvalue weighted by molar-refractivity contribution is 7.00. The van der Waals surface area contributed by atoms with E-state index in [1.807, 2.05) is 6.20 Å². The molecule has 0 atom stereocenters. The van der Waals surface area contributed by atoms with E-state index in [-0.39, 0.29) is 0 Å². The summed E-state index contributed by atoms with van der Waals surface area (Å²) in [5.41, 5.74) is 11.1. The Hall–Kier alpha value is -5.26. The van der Waals surface area contributed by atoms with Crippen molar-refractivity contribution >= 4 is 51.3 Å². The topological polar surface area (TPSA) is 26.6 Å². The minimum absolute atomic E-state index is 0.375. The van der Waals surface area contributed by atoms with Gasteiger partial charge in [-0.1, -0.05) is 96.3 Å². The summed E-state index contributed by atoms with van der Waals surface area (Å²) in [5, 5.41) is 5.31. The van der Waals surface area contributed by atoms with Crippen LogP contribution in [0.15, 0.2) is 134 Å². The maximum atomic E-state index is 4.97. The van der Waals surface area contributed by atoms with Crippen LogP contribution in [0.2, 0.25) is 13.1 Å². The van der Waals surface area contributed by atoms with Gasteiger partial charge in [-0.3, -0.25) is 4.57 Å². The molecule has 0 unspecified atom stereocenters. The number of nitrogens with zero attached hydrogens (tertiary/aromatic N) is 4. The third-order valence-electron chi connectivity index (χ3n) is 10.2. The summed E-state index contributed by atoms with van der Waals surface area (Å²) in [4.78, 5) is 4.97. The lowest BCUT2D eigenvalue weighted by Gasteiger charge is -2.24. The van der Waals surface area contributed by atoms with Gasteiger partial charge in [0.15, 0.2) is 11.0 Å². The fourth-order valence-corrected chi connectivity index (χ4v) is 9.89. The fourth-order valence-electron chi connectivity index (χ4n) is 7.54. The molecule has 8 rings (SSSR count). The number of pyridine rings is 1. The van der Waals surface area contributed by atoms with Crippen LogP contribution in [0.3, 0.4) is 0 Å². The van der Waals surface area contributed by atoms with Crippen molar-refractivity contribution in [3.05, 3.63) is 145 Å². The quantitative estimate of drug-likeness (QED) is 0.131. The van der Waals surface area contributed by atoms with Gasteiger partial charge in [0.1, 0.15) is 19.6 Å². The fraction of sp³-hybridized carbons (Fsp3) is 0.163. The number of aryl methyl sites for hydroxylation is 2. The molecule has 3 heterocycles. The monoisotopic (exact) mass is 641 g/mol. The van der Waals surface area contributed by atoms with Gasteiger partial charge in [0.05, 0.1) is 17.1 Å². The van der Waals surface area contributed by atoms with Crippen molar-refractivity contribution in [2.75, 3.05) is 0 Å². The molecule has 0 spiro atoms. The number of fused-ring (bicyclic) bond motifs is 4. The first kappa shape index (κ1) is 30.1. The molecule has 0 amide bonds. The second-order valence-corrected chi connectivity index (χ2v) is 18.3. The van der Waals surface area contributed by atoms with E-state index in [1.54, 1.807) is 0 Å². The van der Waals surface area contributed by atoms with Crippen molar-refractivity contribution < 1.29 is 4.57 Å². The Bertz CT molecular complexity index is 2480. The number of hydrogen-bond donors (Lipinski definition) is 0. The Labute approximate surface area is 283 Å². The van der Waals surface area contributed by atoms with Gasteiger partial charge >= 0.3 is 0 Å².